The van der Waals surface area contributed by atoms with E-state index in [0.29, 0.717) is 11.7 Å². The number of aromatic hydroxyl groups is 1. The van der Waals surface area contributed by atoms with E-state index in [1.807, 2.05) is 0 Å². The Morgan fingerprint density at radius 2 is 2.50 bits per heavy atom. The van der Waals surface area contributed by atoms with Gasteiger partial charge in [-0.1, -0.05) is 0 Å². The average Bonchev–Trinajstić information content (AvgIpc) is 2.85. The second-order valence-electron chi connectivity index (χ2n) is 3.01. The zero-order valence-electron chi connectivity index (χ0n) is 8.58. The van der Waals surface area contributed by atoms with Crippen LogP contribution in [0.4, 0.5) is 0 Å². The monoisotopic (exact) mass is 238 g/mol. The van der Waals surface area contributed by atoms with Gasteiger partial charge in [0, 0.05) is 11.6 Å². The Balaban J connectivity index is 2.22. The molecule has 0 spiro atoms. The number of nitrogens with zero attached hydrogens (tertiary/aromatic N) is 2. The summed E-state index contributed by atoms with van der Waals surface area (Å²) in [5.41, 5.74) is 0.287. The summed E-state index contributed by atoms with van der Waals surface area (Å²) < 4.78 is 6.47. The molecule has 0 aromatic carbocycles. The largest absolute Gasteiger partial charge is 0.506 e. The van der Waals surface area contributed by atoms with Crippen LogP contribution in [0.5, 0.6) is 5.75 Å². The number of hydrogen-bond donors (Lipinski definition) is 1. The van der Waals surface area contributed by atoms with Gasteiger partial charge >= 0.3 is 5.97 Å². The topological polar surface area (TPSA) is 64.3 Å². The number of esters is 1. The van der Waals surface area contributed by atoms with Crippen LogP contribution >= 0.6 is 11.3 Å². The van der Waals surface area contributed by atoms with Crippen molar-refractivity contribution >= 4 is 17.3 Å². The predicted molar refractivity (Wildman–Crippen MR) is 59.1 cm³/mol. The Hall–Kier alpha value is -1.82. The summed E-state index contributed by atoms with van der Waals surface area (Å²) >= 11 is 1.31. The third-order valence-electron chi connectivity index (χ3n) is 1.87. The van der Waals surface area contributed by atoms with Crippen LogP contribution in [0, 0.1) is 0 Å². The highest BCUT2D eigenvalue weighted by Crippen LogP contribution is 2.19. The van der Waals surface area contributed by atoms with E-state index in [9.17, 15) is 9.90 Å². The zero-order valence-corrected chi connectivity index (χ0v) is 9.40. The third-order valence-corrected chi connectivity index (χ3v) is 2.73. The molecule has 84 valence electrons. The maximum absolute atomic E-state index is 11.4. The molecule has 0 amide bonds. The average molecular weight is 238 g/mol. The molecule has 0 aliphatic heterocycles. The molecule has 0 saturated heterocycles. The Morgan fingerprint density at radius 3 is 3.12 bits per heavy atom. The molecular weight excluding hydrogens is 228 g/mol. The highest BCUT2D eigenvalue weighted by atomic mass is 32.1. The molecule has 2 aromatic heterocycles. The van der Waals surface area contributed by atoms with Crippen molar-refractivity contribution < 1.29 is 14.6 Å². The lowest BCUT2D eigenvalue weighted by molar-refractivity contribution is 0.0520. The number of carbonyl (C=O) groups excluding carboxylic acids is 1. The normalized spacial score (nSPS) is 10.3. The van der Waals surface area contributed by atoms with Crippen molar-refractivity contribution in [2.24, 2.45) is 0 Å². The van der Waals surface area contributed by atoms with E-state index in [1.165, 1.54) is 17.5 Å². The Bertz CT molecular complexity index is 504. The molecule has 2 heterocycles. The van der Waals surface area contributed by atoms with Gasteiger partial charge in [0.15, 0.2) is 10.8 Å². The lowest BCUT2D eigenvalue weighted by Gasteiger charge is -1.96. The first-order valence-corrected chi connectivity index (χ1v) is 5.58. The first-order chi connectivity index (χ1) is 7.70. The molecular formula is C10H10N2O3S. The molecule has 6 heteroatoms. The first-order valence-electron chi connectivity index (χ1n) is 4.70. The van der Waals surface area contributed by atoms with Crippen LogP contribution in [-0.2, 0) is 4.74 Å². The second-order valence-corrected chi connectivity index (χ2v) is 3.85. The SMILES string of the molecule is CCOC(=O)c1csc(-n2ccc(O)c2)n1. The van der Waals surface area contributed by atoms with E-state index < -0.39 is 5.97 Å². The Labute approximate surface area is 95.9 Å². The minimum Gasteiger partial charge on any atom is -0.506 e. The summed E-state index contributed by atoms with van der Waals surface area (Å²) in [5.74, 6) is -0.269. The fourth-order valence-corrected chi connectivity index (χ4v) is 1.94. The van der Waals surface area contributed by atoms with Crippen molar-refractivity contribution in [3.8, 4) is 10.9 Å². The van der Waals surface area contributed by atoms with Crippen molar-refractivity contribution in [2.45, 2.75) is 6.92 Å². The molecule has 5 nitrogen and oxygen atoms in total. The molecule has 0 bridgehead atoms. The van der Waals surface area contributed by atoms with Crippen LogP contribution in [0.3, 0.4) is 0 Å². The van der Waals surface area contributed by atoms with Gasteiger partial charge in [0.1, 0.15) is 5.75 Å². The van der Waals surface area contributed by atoms with Gasteiger partial charge in [-0.3, -0.25) is 4.57 Å². The molecule has 1 N–H and O–H groups in total. The van der Waals surface area contributed by atoms with Gasteiger partial charge in [-0.25, -0.2) is 9.78 Å². The van der Waals surface area contributed by atoms with Crippen molar-refractivity contribution in [1.82, 2.24) is 9.55 Å². The number of aromatic nitrogens is 2. The molecule has 0 aliphatic rings. The van der Waals surface area contributed by atoms with Crippen LogP contribution in [0.2, 0.25) is 0 Å². The van der Waals surface area contributed by atoms with Gasteiger partial charge < -0.3 is 9.84 Å². The third kappa shape index (κ3) is 2.06. The van der Waals surface area contributed by atoms with Gasteiger partial charge in [-0.2, -0.15) is 0 Å². The maximum Gasteiger partial charge on any atom is 0.357 e. The highest BCUT2D eigenvalue weighted by molar-refractivity contribution is 7.12. The molecule has 0 radical (unpaired) electrons. The molecule has 0 unspecified atom stereocenters. The van der Waals surface area contributed by atoms with Crippen molar-refractivity contribution in [2.75, 3.05) is 6.61 Å². The smallest absolute Gasteiger partial charge is 0.357 e. The summed E-state index contributed by atoms with van der Waals surface area (Å²) in [5, 5.41) is 11.4. The fourth-order valence-electron chi connectivity index (χ4n) is 1.19. The van der Waals surface area contributed by atoms with E-state index in [-0.39, 0.29) is 11.4 Å². The van der Waals surface area contributed by atoms with E-state index in [4.69, 9.17) is 4.74 Å². The van der Waals surface area contributed by atoms with Gasteiger partial charge in [-0.05, 0) is 13.0 Å². The summed E-state index contributed by atoms with van der Waals surface area (Å²) in [6.07, 6.45) is 3.19. The van der Waals surface area contributed by atoms with Crippen molar-refractivity contribution in [3.63, 3.8) is 0 Å². The van der Waals surface area contributed by atoms with Crippen LogP contribution < -0.4 is 0 Å². The Morgan fingerprint density at radius 1 is 1.69 bits per heavy atom. The van der Waals surface area contributed by atoms with E-state index in [0.717, 1.165) is 0 Å². The maximum atomic E-state index is 11.4. The minimum absolute atomic E-state index is 0.160. The summed E-state index contributed by atoms with van der Waals surface area (Å²) in [6, 6.07) is 1.55. The summed E-state index contributed by atoms with van der Waals surface area (Å²) in [6.45, 7) is 2.07. The molecule has 0 fully saturated rings. The van der Waals surface area contributed by atoms with Crippen molar-refractivity contribution in [1.29, 1.82) is 0 Å². The summed E-state index contributed by atoms with van der Waals surface area (Å²) in [4.78, 5) is 15.5. The van der Waals surface area contributed by atoms with Crippen LogP contribution in [0.25, 0.3) is 5.13 Å². The number of hydrogen-bond acceptors (Lipinski definition) is 5. The molecule has 2 aromatic rings. The minimum atomic E-state index is -0.429. The zero-order chi connectivity index (χ0) is 11.5. The highest BCUT2D eigenvalue weighted by Gasteiger charge is 2.12. The predicted octanol–water partition coefficient (Wildman–Crippen LogP) is 1.82. The van der Waals surface area contributed by atoms with Gasteiger partial charge in [0.2, 0.25) is 0 Å². The molecule has 0 saturated carbocycles. The first kappa shape index (κ1) is 10.7. The van der Waals surface area contributed by atoms with Gasteiger partial charge in [0.05, 0.1) is 12.8 Å². The van der Waals surface area contributed by atoms with Gasteiger partial charge in [0.25, 0.3) is 0 Å². The van der Waals surface area contributed by atoms with Crippen LogP contribution in [0.15, 0.2) is 23.8 Å². The van der Waals surface area contributed by atoms with E-state index in [2.05, 4.69) is 4.98 Å². The molecule has 0 atom stereocenters. The van der Waals surface area contributed by atoms with Crippen LogP contribution in [0.1, 0.15) is 17.4 Å². The summed E-state index contributed by atoms with van der Waals surface area (Å²) in [7, 11) is 0. The standard InChI is InChI=1S/C10H10N2O3S/c1-2-15-9(14)8-6-16-10(11-8)12-4-3-7(13)5-12/h3-6,13H,2H2,1H3. The van der Waals surface area contributed by atoms with E-state index >= 15 is 0 Å². The number of rotatable bonds is 3. The second kappa shape index (κ2) is 4.36. The van der Waals surface area contributed by atoms with Crippen molar-refractivity contribution in [3.05, 3.63) is 29.5 Å². The van der Waals surface area contributed by atoms with Crippen LogP contribution in [-0.4, -0.2) is 27.2 Å². The van der Waals surface area contributed by atoms with Gasteiger partial charge in [-0.15, -0.1) is 11.3 Å². The molecule has 2 rings (SSSR count). The lowest BCUT2D eigenvalue weighted by Crippen LogP contribution is -2.05. The molecule has 0 aliphatic carbocycles. The number of thiazole rings is 1. The van der Waals surface area contributed by atoms with E-state index in [1.54, 1.807) is 29.1 Å². The fraction of sp³-hybridized carbons (Fsp3) is 0.200. The molecule has 16 heavy (non-hydrogen) atoms. The lowest BCUT2D eigenvalue weighted by atomic mass is 10.5. The Kier molecular flexibility index (Phi) is 2.91. The quantitative estimate of drug-likeness (QED) is 0.828. The number of ether oxygens (including phenoxy) is 1. The number of carbonyl (C=O) groups is 1.